The molecule has 1 aliphatic rings. The molecular weight excluding hydrogens is 466 g/mol. The number of aryl methyl sites for hydroxylation is 2. The van der Waals surface area contributed by atoms with Gasteiger partial charge in [0.15, 0.2) is 5.82 Å². The number of rotatable bonds is 5. The van der Waals surface area contributed by atoms with Crippen LogP contribution in [0.25, 0.3) is 10.9 Å². The van der Waals surface area contributed by atoms with Crippen LogP contribution in [0.5, 0.6) is 5.75 Å². The average Bonchev–Trinajstić information content (AvgIpc) is 3.38. The highest BCUT2D eigenvalue weighted by Gasteiger charge is 2.35. The van der Waals surface area contributed by atoms with Gasteiger partial charge in [0.1, 0.15) is 11.8 Å². The smallest absolute Gasteiger partial charge is 0.253 e. The molecule has 1 atom stereocenters. The van der Waals surface area contributed by atoms with Crippen molar-refractivity contribution < 1.29 is 4.74 Å². The number of aromatic amines is 1. The summed E-state index contributed by atoms with van der Waals surface area (Å²) in [6, 6.07) is 13.9. The van der Waals surface area contributed by atoms with Crippen molar-refractivity contribution in [3.8, 4) is 5.75 Å². The molecule has 0 saturated carbocycles. The van der Waals surface area contributed by atoms with E-state index >= 15 is 0 Å². The van der Waals surface area contributed by atoms with Crippen LogP contribution in [0.15, 0.2) is 47.3 Å². The molecule has 0 unspecified atom stereocenters. The summed E-state index contributed by atoms with van der Waals surface area (Å²) in [5, 5.41) is 13.9. The molecule has 5 rings (SSSR count). The highest BCUT2D eigenvalue weighted by molar-refractivity contribution is 5.85. The van der Waals surface area contributed by atoms with Crippen LogP contribution in [0, 0.1) is 13.8 Å². The molecule has 0 radical (unpaired) electrons. The average molecular weight is 502 g/mol. The molecule has 3 heterocycles. The molecule has 1 aliphatic heterocycles. The third kappa shape index (κ3) is 4.71. The Kier molecular flexibility index (Phi) is 6.49. The van der Waals surface area contributed by atoms with E-state index in [9.17, 15) is 4.79 Å². The summed E-state index contributed by atoms with van der Waals surface area (Å²) >= 11 is 0. The largest absolute Gasteiger partial charge is 0.497 e. The number of H-pyrrole nitrogens is 1. The van der Waals surface area contributed by atoms with E-state index in [0.29, 0.717) is 11.4 Å². The number of nitrogens with zero attached hydrogens (tertiary/aromatic N) is 6. The van der Waals surface area contributed by atoms with Gasteiger partial charge in [-0.15, -0.1) is 5.10 Å². The van der Waals surface area contributed by atoms with E-state index in [2.05, 4.69) is 76.2 Å². The van der Waals surface area contributed by atoms with Crippen molar-refractivity contribution in [3.05, 3.63) is 75.3 Å². The Morgan fingerprint density at radius 1 is 1.00 bits per heavy atom. The fourth-order valence-corrected chi connectivity index (χ4v) is 5.18. The van der Waals surface area contributed by atoms with Gasteiger partial charge in [-0.05, 0) is 74.4 Å². The number of aromatic nitrogens is 5. The van der Waals surface area contributed by atoms with Crippen molar-refractivity contribution in [3.63, 3.8) is 0 Å². The molecular formula is C28H35N7O2. The molecule has 1 N–H and O–H groups in total. The normalized spacial score (nSPS) is 15.8. The second-order valence-electron chi connectivity index (χ2n) is 10.8. The molecule has 9 nitrogen and oxygen atoms in total. The molecule has 2 aromatic heterocycles. The summed E-state index contributed by atoms with van der Waals surface area (Å²) in [6.45, 7) is 13.4. The lowest BCUT2D eigenvalue weighted by Gasteiger charge is -2.40. The molecule has 194 valence electrons. The molecule has 0 bridgehead atoms. The molecule has 37 heavy (non-hydrogen) atoms. The summed E-state index contributed by atoms with van der Waals surface area (Å²) in [7, 11) is 1.69. The van der Waals surface area contributed by atoms with Gasteiger partial charge in [-0.1, -0.05) is 18.2 Å². The minimum atomic E-state index is -0.380. The summed E-state index contributed by atoms with van der Waals surface area (Å²) in [4.78, 5) is 21.5. The van der Waals surface area contributed by atoms with Crippen molar-refractivity contribution in [2.24, 2.45) is 0 Å². The third-order valence-electron chi connectivity index (χ3n) is 7.24. The number of fused-ring (bicyclic) bond motifs is 1. The maximum absolute atomic E-state index is 13.6. The first-order valence-electron chi connectivity index (χ1n) is 12.7. The first kappa shape index (κ1) is 25.0. The van der Waals surface area contributed by atoms with Crippen LogP contribution in [0.3, 0.4) is 0 Å². The maximum Gasteiger partial charge on any atom is 0.253 e. The first-order valence-corrected chi connectivity index (χ1v) is 12.7. The zero-order valence-corrected chi connectivity index (χ0v) is 22.4. The van der Waals surface area contributed by atoms with E-state index in [-0.39, 0.29) is 17.1 Å². The van der Waals surface area contributed by atoms with E-state index in [4.69, 9.17) is 4.74 Å². The number of tetrazole rings is 1. The maximum atomic E-state index is 13.6. The van der Waals surface area contributed by atoms with Crippen molar-refractivity contribution >= 4 is 16.6 Å². The van der Waals surface area contributed by atoms with E-state index < -0.39 is 0 Å². The lowest BCUT2D eigenvalue weighted by atomic mass is 9.98. The van der Waals surface area contributed by atoms with Crippen molar-refractivity contribution in [1.29, 1.82) is 0 Å². The van der Waals surface area contributed by atoms with Crippen LogP contribution >= 0.6 is 0 Å². The van der Waals surface area contributed by atoms with Gasteiger partial charge < -0.3 is 14.6 Å². The monoisotopic (exact) mass is 501 g/mol. The van der Waals surface area contributed by atoms with Gasteiger partial charge in [0.05, 0.1) is 18.2 Å². The second kappa shape index (κ2) is 9.63. The van der Waals surface area contributed by atoms with Crippen molar-refractivity contribution in [1.82, 2.24) is 30.1 Å². The number of piperazine rings is 1. The van der Waals surface area contributed by atoms with Gasteiger partial charge in [0.2, 0.25) is 0 Å². The van der Waals surface area contributed by atoms with Gasteiger partial charge in [0, 0.05) is 48.9 Å². The number of ether oxygens (including phenoxy) is 1. The Labute approximate surface area is 217 Å². The lowest BCUT2D eigenvalue weighted by molar-refractivity contribution is 0.190. The molecule has 0 aliphatic carbocycles. The quantitative estimate of drug-likeness (QED) is 0.445. The summed E-state index contributed by atoms with van der Waals surface area (Å²) in [6.07, 6.45) is 0. The Balaban J connectivity index is 1.57. The van der Waals surface area contributed by atoms with E-state index in [1.54, 1.807) is 7.11 Å². The van der Waals surface area contributed by atoms with Crippen LogP contribution in [0.2, 0.25) is 0 Å². The molecule has 9 heteroatoms. The predicted octanol–water partition coefficient (Wildman–Crippen LogP) is 3.81. The van der Waals surface area contributed by atoms with Crippen LogP contribution in [-0.2, 0) is 5.54 Å². The third-order valence-corrected chi connectivity index (χ3v) is 7.24. The topological polar surface area (TPSA) is 92.2 Å². The summed E-state index contributed by atoms with van der Waals surface area (Å²) < 4.78 is 7.27. The number of anilines is 1. The minimum absolute atomic E-state index is 0.107. The highest BCUT2D eigenvalue weighted by Crippen LogP contribution is 2.32. The summed E-state index contributed by atoms with van der Waals surface area (Å²) in [5.74, 6) is 1.52. The fourth-order valence-electron chi connectivity index (χ4n) is 5.18. The Hall–Kier alpha value is -3.72. The molecule has 0 amide bonds. The van der Waals surface area contributed by atoms with E-state index in [0.717, 1.165) is 59.6 Å². The Morgan fingerprint density at radius 2 is 1.73 bits per heavy atom. The van der Waals surface area contributed by atoms with Crippen LogP contribution < -0.4 is 15.2 Å². The van der Waals surface area contributed by atoms with Crippen molar-refractivity contribution in [2.75, 3.05) is 38.2 Å². The number of pyridine rings is 1. The molecule has 0 spiro atoms. The van der Waals surface area contributed by atoms with Gasteiger partial charge >= 0.3 is 0 Å². The molecule has 1 fully saturated rings. The Morgan fingerprint density at radius 3 is 2.43 bits per heavy atom. The molecule has 2 aromatic carbocycles. The van der Waals surface area contributed by atoms with Gasteiger partial charge in [0.25, 0.3) is 5.56 Å². The summed E-state index contributed by atoms with van der Waals surface area (Å²) in [5.41, 5.74) is 4.40. The number of methoxy groups -OCH3 is 1. The van der Waals surface area contributed by atoms with E-state index in [1.165, 1.54) is 0 Å². The number of hydrogen-bond donors (Lipinski definition) is 1. The fraction of sp³-hybridized carbons (Fsp3) is 0.429. The van der Waals surface area contributed by atoms with Gasteiger partial charge in [-0.25, -0.2) is 4.68 Å². The zero-order chi connectivity index (χ0) is 26.3. The number of nitrogens with one attached hydrogen (secondary N) is 1. The van der Waals surface area contributed by atoms with Gasteiger partial charge in [-0.2, -0.15) is 0 Å². The lowest BCUT2D eigenvalue weighted by Crippen LogP contribution is -2.49. The van der Waals surface area contributed by atoms with E-state index in [1.807, 2.05) is 35.9 Å². The van der Waals surface area contributed by atoms with Crippen molar-refractivity contribution in [2.45, 2.75) is 46.2 Å². The zero-order valence-electron chi connectivity index (χ0n) is 22.4. The minimum Gasteiger partial charge on any atom is -0.497 e. The highest BCUT2D eigenvalue weighted by atomic mass is 16.5. The Bertz CT molecular complexity index is 1480. The van der Waals surface area contributed by atoms with Crippen LogP contribution in [0.1, 0.15) is 49.3 Å². The van der Waals surface area contributed by atoms with Crippen LogP contribution in [0.4, 0.5) is 5.69 Å². The predicted molar refractivity (Wildman–Crippen MR) is 145 cm³/mol. The SMILES string of the molecule is COc1cccc(N2CCN([C@H](c3cc4c(C)ccc(C)c4[nH]c3=O)c3nnnn3C(C)(C)C)CC2)c1. The number of hydrogen-bond acceptors (Lipinski definition) is 7. The first-order chi connectivity index (χ1) is 17.7. The molecule has 4 aromatic rings. The van der Waals surface area contributed by atoms with Crippen LogP contribution in [-0.4, -0.2) is 63.4 Å². The standard InChI is InChI=1S/C28H35N7O2/c1-18-10-11-19(2)24-22(18)17-23(27(36)29-24)25(26-30-31-32-35(26)28(3,4)5)34-14-12-33(13-15-34)20-8-7-9-21(16-20)37-6/h7-11,16-17,25H,12-15H2,1-6H3,(H,29,36)/t25-/m1/s1. The van der Waals surface area contributed by atoms with Gasteiger partial charge in [-0.3, -0.25) is 9.69 Å². The second-order valence-corrected chi connectivity index (χ2v) is 10.8. The molecule has 1 saturated heterocycles. The number of benzene rings is 2.